The van der Waals surface area contributed by atoms with Crippen molar-refractivity contribution in [2.45, 2.75) is 12.8 Å². The van der Waals surface area contributed by atoms with Crippen molar-refractivity contribution < 1.29 is 9.90 Å². The van der Waals surface area contributed by atoms with Gasteiger partial charge in [0.25, 0.3) is 0 Å². The summed E-state index contributed by atoms with van der Waals surface area (Å²) in [6.45, 7) is 0. The van der Waals surface area contributed by atoms with Gasteiger partial charge in [0.15, 0.2) is 0 Å². The van der Waals surface area contributed by atoms with Gasteiger partial charge in [0.1, 0.15) is 4.88 Å². The Morgan fingerprint density at radius 2 is 1.88 bits per heavy atom. The Kier molecular flexibility index (Phi) is 3.37. The summed E-state index contributed by atoms with van der Waals surface area (Å²) in [5.41, 5.74) is 2.17. The highest BCUT2D eigenvalue weighted by atomic mass is 32.1. The van der Waals surface area contributed by atoms with Crippen molar-refractivity contribution in [2.24, 2.45) is 0 Å². The Morgan fingerprint density at radius 1 is 1.12 bits per heavy atom. The molecule has 0 saturated carbocycles. The molecule has 1 N–H and O–H groups in total. The van der Waals surface area contributed by atoms with Crippen molar-refractivity contribution in [2.75, 3.05) is 0 Å². The van der Waals surface area contributed by atoms with Crippen LogP contribution in [0.1, 0.15) is 20.8 Å². The third-order valence-electron chi connectivity index (χ3n) is 2.47. The second kappa shape index (κ2) is 4.94. The van der Waals surface area contributed by atoms with Crippen LogP contribution in [0.3, 0.4) is 0 Å². The van der Waals surface area contributed by atoms with E-state index in [9.17, 15) is 4.79 Å². The molecule has 0 radical (unpaired) electrons. The summed E-state index contributed by atoms with van der Waals surface area (Å²) in [5.74, 6) is -0.821. The van der Waals surface area contributed by atoms with Gasteiger partial charge in [0, 0.05) is 0 Å². The molecule has 2 aromatic rings. The maximum Gasteiger partial charge on any atom is 0.346 e. The van der Waals surface area contributed by atoms with Gasteiger partial charge in [-0.3, -0.25) is 0 Å². The summed E-state index contributed by atoms with van der Waals surface area (Å²) < 4.78 is 0. The summed E-state index contributed by atoms with van der Waals surface area (Å²) in [7, 11) is 0. The fraction of sp³-hybridized carbons (Fsp3) is 0.154. The van der Waals surface area contributed by atoms with E-state index in [1.165, 1.54) is 16.9 Å². The molecule has 0 spiro atoms. The number of carboxylic acids is 1. The fourth-order valence-electron chi connectivity index (χ4n) is 1.64. The normalized spacial score (nSPS) is 10.2. The topological polar surface area (TPSA) is 37.3 Å². The van der Waals surface area contributed by atoms with Gasteiger partial charge in [0.05, 0.1) is 0 Å². The van der Waals surface area contributed by atoms with E-state index in [1.54, 1.807) is 0 Å². The lowest BCUT2D eigenvalue weighted by Gasteiger charge is -2.01. The molecule has 1 aromatic carbocycles. The molecule has 2 nitrogen and oxygen atoms in total. The second-order valence-electron chi connectivity index (χ2n) is 3.57. The Hall–Kier alpha value is -1.61. The minimum absolute atomic E-state index is 0.468. The van der Waals surface area contributed by atoms with E-state index >= 15 is 0 Å². The highest BCUT2D eigenvalue weighted by Gasteiger charge is 2.10. The molecule has 16 heavy (non-hydrogen) atoms. The first-order chi connectivity index (χ1) is 7.77. The lowest BCUT2D eigenvalue weighted by molar-refractivity contribution is 0.0701. The van der Waals surface area contributed by atoms with Gasteiger partial charge in [-0.25, -0.2) is 4.79 Å². The number of hydrogen-bond acceptors (Lipinski definition) is 2. The standard InChI is InChI=1S/C13H12O2S/c14-13(15)12-11(8-9-16-12)7-6-10-4-2-1-3-5-10/h1-5,8-9H,6-7H2,(H,14,15). The SMILES string of the molecule is O=C(O)c1sccc1CCc1ccccc1. The largest absolute Gasteiger partial charge is 0.477 e. The molecule has 1 aromatic heterocycles. The molecule has 0 unspecified atom stereocenters. The van der Waals surface area contributed by atoms with Crippen molar-refractivity contribution >= 4 is 17.3 Å². The molecule has 1 heterocycles. The summed E-state index contributed by atoms with van der Waals surface area (Å²) >= 11 is 1.29. The van der Waals surface area contributed by atoms with Crippen LogP contribution in [0.2, 0.25) is 0 Å². The van der Waals surface area contributed by atoms with E-state index in [0.29, 0.717) is 4.88 Å². The second-order valence-corrected chi connectivity index (χ2v) is 4.48. The minimum atomic E-state index is -0.821. The Balaban J connectivity index is 2.05. The lowest BCUT2D eigenvalue weighted by atomic mass is 10.1. The molecule has 0 aliphatic rings. The van der Waals surface area contributed by atoms with Crippen molar-refractivity contribution in [3.63, 3.8) is 0 Å². The third-order valence-corrected chi connectivity index (χ3v) is 3.41. The van der Waals surface area contributed by atoms with Crippen molar-refractivity contribution in [1.82, 2.24) is 0 Å². The molecule has 0 aliphatic carbocycles. The van der Waals surface area contributed by atoms with Gasteiger partial charge in [-0.15, -0.1) is 11.3 Å². The van der Waals surface area contributed by atoms with E-state index in [2.05, 4.69) is 12.1 Å². The predicted molar refractivity (Wildman–Crippen MR) is 65.1 cm³/mol. The van der Waals surface area contributed by atoms with Crippen LogP contribution in [0.15, 0.2) is 41.8 Å². The Bertz CT molecular complexity index is 474. The molecule has 0 aliphatic heterocycles. The summed E-state index contributed by atoms with van der Waals surface area (Å²) in [6, 6.07) is 12.0. The Labute approximate surface area is 98.2 Å². The highest BCUT2D eigenvalue weighted by Crippen LogP contribution is 2.18. The van der Waals surface area contributed by atoms with Crippen LogP contribution in [0, 0.1) is 0 Å². The van der Waals surface area contributed by atoms with E-state index in [0.717, 1.165) is 18.4 Å². The summed E-state index contributed by atoms with van der Waals surface area (Å²) in [6.07, 6.45) is 1.67. The first-order valence-corrected chi connectivity index (χ1v) is 5.99. The average Bonchev–Trinajstić information content (AvgIpc) is 2.76. The maximum atomic E-state index is 10.9. The van der Waals surface area contributed by atoms with E-state index in [4.69, 9.17) is 5.11 Å². The van der Waals surface area contributed by atoms with Crippen molar-refractivity contribution in [3.05, 3.63) is 57.8 Å². The molecule has 2 rings (SSSR count). The van der Waals surface area contributed by atoms with Crippen molar-refractivity contribution in [3.8, 4) is 0 Å². The molecule has 0 amide bonds. The van der Waals surface area contributed by atoms with Crippen LogP contribution in [0.4, 0.5) is 0 Å². The summed E-state index contributed by atoms with van der Waals surface area (Å²) in [5, 5.41) is 10.8. The average molecular weight is 232 g/mol. The minimum Gasteiger partial charge on any atom is -0.477 e. The number of hydrogen-bond donors (Lipinski definition) is 1. The van der Waals surface area contributed by atoms with Gasteiger partial charge < -0.3 is 5.11 Å². The van der Waals surface area contributed by atoms with Crippen molar-refractivity contribution in [1.29, 1.82) is 0 Å². The fourth-order valence-corrected chi connectivity index (χ4v) is 2.43. The van der Waals surface area contributed by atoms with Crippen LogP contribution >= 0.6 is 11.3 Å². The van der Waals surface area contributed by atoms with Gasteiger partial charge in [-0.1, -0.05) is 30.3 Å². The predicted octanol–water partition coefficient (Wildman–Crippen LogP) is 3.23. The van der Waals surface area contributed by atoms with E-state index in [-0.39, 0.29) is 0 Å². The third kappa shape index (κ3) is 2.49. The Morgan fingerprint density at radius 3 is 2.56 bits per heavy atom. The maximum absolute atomic E-state index is 10.9. The number of carboxylic acid groups (broad SMARTS) is 1. The zero-order valence-corrected chi connectivity index (χ0v) is 9.54. The van der Waals surface area contributed by atoms with Gasteiger partial charge in [0.2, 0.25) is 0 Å². The number of benzene rings is 1. The number of rotatable bonds is 4. The van der Waals surface area contributed by atoms with Gasteiger partial charge >= 0.3 is 5.97 Å². The number of aryl methyl sites for hydroxylation is 2. The van der Waals surface area contributed by atoms with Crippen LogP contribution < -0.4 is 0 Å². The molecule has 3 heteroatoms. The van der Waals surface area contributed by atoms with E-state index in [1.807, 2.05) is 29.6 Å². The van der Waals surface area contributed by atoms with Gasteiger partial charge in [-0.05, 0) is 35.4 Å². The summed E-state index contributed by atoms with van der Waals surface area (Å²) in [4.78, 5) is 11.4. The van der Waals surface area contributed by atoms with Gasteiger partial charge in [-0.2, -0.15) is 0 Å². The van der Waals surface area contributed by atoms with Crippen LogP contribution in [-0.4, -0.2) is 11.1 Å². The van der Waals surface area contributed by atoms with Crippen LogP contribution in [-0.2, 0) is 12.8 Å². The monoisotopic (exact) mass is 232 g/mol. The molecule has 0 bridgehead atoms. The van der Waals surface area contributed by atoms with E-state index < -0.39 is 5.97 Å². The van der Waals surface area contributed by atoms with Crippen LogP contribution in [0.5, 0.6) is 0 Å². The quantitative estimate of drug-likeness (QED) is 0.878. The number of thiophene rings is 1. The highest BCUT2D eigenvalue weighted by molar-refractivity contribution is 7.12. The first kappa shape index (κ1) is 10.9. The lowest BCUT2D eigenvalue weighted by Crippen LogP contribution is -1.99. The number of aromatic carboxylic acids is 1. The molecular weight excluding hydrogens is 220 g/mol. The molecule has 0 atom stereocenters. The molecule has 0 fully saturated rings. The smallest absolute Gasteiger partial charge is 0.346 e. The van der Waals surface area contributed by atoms with Crippen LogP contribution in [0.25, 0.3) is 0 Å². The molecule has 82 valence electrons. The zero-order valence-electron chi connectivity index (χ0n) is 8.72. The molecular formula is C13H12O2S. The first-order valence-electron chi connectivity index (χ1n) is 5.11. The molecule has 0 saturated heterocycles. The zero-order chi connectivity index (χ0) is 11.4. The number of carbonyl (C=O) groups is 1.